The van der Waals surface area contributed by atoms with Crippen LogP contribution < -0.4 is 5.32 Å². The maximum Gasteiger partial charge on any atom is 0.397 e. The number of hydrogen-bond donors (Lipinski definition) is 11. The Morgan fingerprint density at radius 2 is 1.59 bits per heavy atom. The highest BCUT2D eigenvalue weighted by molar-refractivity contribution is 7.80. The third kappa shape index (κ3) is 9.24. The lowest BCUT2D eigenvalue weighted by atomic mass is 9.95. The minimum Gasteiger partial charge on any atom is -0.394 e. The van der Waals surface area contributed by atoms with Crippen LogP contribution in [0.1, 0.15) is 6.92 Å². The molecule has 0 aromatic carbocycles. The van der Waals surface area contributed by atoms with Crippen molar-refractivity contribution in [3.05, 3.63) is 0 Å². The van der Waals surface area contributed by atoms with E-state index in [4.69, 9.17) is 23.5 Å². The van der Waals surface area contributed by atoms with E-state index in [0.29, 0.717) is 0 Å². The Bertz CT molecular complexity index is 955. The average Bonchev–Trinajstić information content (AvgIpc) is 2.91. The molecule has 2 aliphatic heterocycles. The first-order chi connectivity index (χ1) is 19.1. The minimum absolute atomic E-state index is 0.111. The maximum atomic E-state index is 11.7. The SMILES string of the molecule is CC(=O)N[C@H]1[C@H](O[C@H]2[C@@H](O)[C@@H](CO)O[C@@H](O[C@@H]([C@H](O)[C@@H](O)C=O)[C@H](O)CO)[C@@H]2O)O[C@H](COS(=O)(=O)O)[C@@H](O)[C@@H]1O. The molecule has 0 saturated carbocycles. The summed E-state index contributed by atoms with van der Waals surface area (Å²) in [7, 11) is -5.04. The number of carbonyl (C=O) groups excluding carboxylic acids is 2. The summed E-state index contributed by atoms with van der Waals surface area (Å²) in [5.41, 5.74) is 0. The number of amides is 1. The lowest BCUT2D eigenvalue weighted by molar-refractivity contribution is -0.359. The third-order valence-corrected chi connectivity index (χ3v) is 6.68. The number of aldehydes is 1. The van der Waals surface area contributed by atoms with Gasteiger partial charge in [0.1, 0.15) is 73.2 Å². The summed E-state index contributed by atoms with van der Waals surface area (Å²) >= 11 is 0. The van der Waals surface area contributed by atoms with Gasteiger partial charge in [-0.2, -0.15) is 8.42 Å². The van der Waals surface area contributed by atoms with E-state index >= 15 is 0 Å². The van der Waals surface area contributed by atoms with Crippen LogP contribution in [-0.4, -0.2) is 177 Å². The highest BCUT2D eigenvalue weighted by atomic mass is 32.3. The third-order valence-electron chi connectivity index (χ3n) is 6.25. The van der Waals surface area contributed by atoms with Crippen molar-refractivity contribution in [3.63, 3.8) is 0 Å². The molecule has 2 rings (SSSR count). The van der Waals surface area contributed by atoms with Gasteiger partial charge in [-0.05, 0) is 0 Å². The van der Waals surface area contributed by atoms with Gasteiger partial charge in [0.25, 0.3) is 0 Å². The molecule has 41 heavy (non-hydrogen) atoms. The molecule has 0 unspecified atom stereocenters. The smallest absolute Gasteiger partial charge is 0.394 e. The Hall–Kier alpha value is -1.51. The maximum absolute atomic E-state index is 11.7. The number of ether oxygens (including phenoxy) is 4. The van der Waals surface area contributed by atoms with Crippen LogP contribution in [0.15, 0.2) is 0 Å². The molecule has 1 amide bonds. The van der Waals surface area contributed by atoms with Gasteiger partial charge in [-0.3, -0.25) is 9.35 Å². The number of hydrogen-bond acceptors (Lipinski definition) is 18. The molecule has 0 spiro atoms. The normalized spacial score (nSPS) is 37.5. The molecule has 2 aliphatic rings. The van der Waals surface area contributed by atoms with Crippen molar-refractivity contribution in [2.24, 2.45) is 0 Å². The molecule has 240 valence electrons. The second-order valence-electron chi connectivity index (χ2n) is 9.24. The van der Waals surface area contributed by atoms with E-state index in [0.717, 1.165) is 6.92 Å². The van der Waals surface area contributed by atoms with Gasteiger partial charge in [0, 0.05) is 6.92 Å². The summed E-state index contributed by atoms with van der Waals surface area (Å²) in [6.45, 7) is -2.07. The van der Waals surface area contributed by atoms with E-state index in [1.807, 2.05) is 0 Å². The first-order valence-corrected chi connectivity index (χ1v) is 13.4. The summed E-state index contributed by atoms with van der Waals surface area (Å²) in [5, 5.41) is 93.6. The van der Waals surface area contributed by atoms with Crippen LogP contribution in [0.3, 0.4) is 0 Å². The predicted octanol–water partition coefficient (Wildman–Crippen LogP) is -7.76. The summed E-state index contributed by atoms with van der Waals surface area (Å²) < 4.78 is 56.5. The van der Waals surface area contributed by atoms with E-state index in [9.17, 15) is 64.0 Å². The van der Waals surface area contributed by atoms with Crippen molar-refractivity contribution in [1.29, 1.82) is 0 Å². The Labute approximate surface area is 232 Å². The molecule has 14 atom stereocenters. The second-order valence-corrected chi connectivity index (χ2v) is 10.3. The molecule has 0 bridgehead atoms. The molecule has 2 fully saturated rings. The predicted molar refractivity (Wildman–Crippen MR) is 124 cm³/mol. The van der Waals surface area contributed by atoms with Crippen molar-refractivity contribution in [2.75, 3.05) is 19.8 Å². The van der Waals surface area contributed by atoms with E-state index in [2.05, 4.69) is 9.50 Å². The number of carbonyl (C=O) groups is 2. The van der Waals surface area contributed by atoms with Crippen LogP contribution in [0, 0.1) is 0 Å². The van der Waals surface area contributed by atoms with Crippen LogP contribution >= 0.6 is 0 Å². The lowest BCUT2D eigenvalue weighted by Crippen LogP contribution is -2.68. The van der Waals surface area contributed by atoms with Crippen LogP contribution in [0.5, 0.6) is 0 Å². The molecule has 21 heteroatoms. The summed E-state index contributed by atoms with van der Waals surface area (Å²) in [5.74, 6) is -0.780. The van der Waals surface area contributed by atoms with Crippen LogP contribution in [0.2, 0.25) is 0 Å². The molecule has 0 aliphatic carbocycles. The number of aliphatic hydroxyl groups excluding tert-OH is 9. The van der Waals surface area contributed by atoms with E-state index in [1.165, 1.54) is 0 Å². The van der Waals surface area contributed by atoms with Gasteiger partial charge in [-0.25, -0.2) is 4.18 Å². The van der Waals surface area contributed by atoms with Gasteiger partial charge in [-0.1, -0.05) is 0 Å². The highest BCUT2D eigenvalue weighted by Crippen LogP contribution is 2.31. The Morgan fingerprint density at radius 1 is 0.976 bits per heavy atom. The number of aliphatic hydroxyl groups is 9. The van der Waals surface area contributed by atoms with Crippen molar-refractivity contribution in [1.82, 2.24) is 5.32 Å². The van der Waals surface area contributed by atoms with Gasteiger partial charge in [0.05, 0.1) is 19.8 Å². The molecular weight excluding hydrogens is 590 g/mol. The summed E-state index contributed by atoms with van der Waals surface area (Å²) in [6.07, 6.45) is -25.5. The second kappa shape index (κ2) is 15.3. The van der Waals surface area contributed by atoms with Gasteiger partial charge in [0.2, 0.25) is 5.91 Å². The molecule has 2 heterocycles. The van der Waals surface area contributed by atoms with Gasteiger partial charge < -0.3 is 75.0 Å². The van der Waals surface area contributed by atoms with Crippen LogP contribution in [0.25, 0.3) is 0 Å². The first-order valence-electron chi connectivity index (χ1n) is 12.0. The summed E-state index contributed by atoms with van der Waals surface area (Å²) in [6, 6.07) is -1.63. The number of nitrogens with one attached hydrogen (secondary N) is 1. The standard InChI is InChI=1S/C20H35NO19S/c1-6(25)21-11-15(31)13(29)10(5-36-41(33,34)35)38-19(11)40-18-14(30)9(4-24)37-20(16(18)32)39-17(8(27)3-23)12(28)7(26)2-22/h2,7-20,23-24,26-32H,3-5H2,1H3,(H,21,25)(H,33,34,35)/t7-,8+,9+,10+,11+,12+,13+,14-,15+,16+,17+,18-,19-,20-/m0/s1. The fourth-order valence-electron chi connectivity index (χ4n) is 4.14. The van der Waals surface area contributed by atoms with Crippen LogP contribution in [-0.2, 0) is 43.1 Å². The first kappa shape index (κ1) is 35.7. The topological polar surface area (TPSA) is 329 Å². The minimum atomic E-state index is -5.04. The molecule has 11 N–H and O–H groups in total. The van der Waals surface area contributed by atoms with Gasteiger partial charge in [0.15, 0.2) is 18.9 Å². The Kier molecular flexibility index (Phi) is 13.3. The fourth-order valence-corrected chi connectivity index (χ4v) is 4.45. The fraction of sp³-hybridized carbons (Fsp3) is 0.900. The summed E-state index contributed by atoms with van der Waals surface area (Å²) in [4.78, 5) is 22.6. The molecule has 0 radical (unpaired) electrons. The van der Waals surface area contributed by atoms with Crippen LogP contribution in [0.4, 0.5) is 0 Å². The van der Waals surface area contributed by atoms with Gasteiger partial charge >= 0.3 is 10.4 Å². The van der Waals surface area contributed by atoms with Crippen molar-refractivity contribution >= 4 is 22.6 Å². The molecule has 0 aromatic heterocycles. The Morgan fingerprint density at radius 3 is 2.10 bits per heavy atom. The highest BCUT2D eigenvalue weighted by Gasteiger charge is 2.52. The largest absolute Gasteiger partial charge is 0.397 e. The van der Waals surface area contributed by atoms with Crippen molar-refractivity contribution < 1.29 is 91.6 Å². The zero-order valence-electron chi connectivity index (χ0n) is 21.3. The van der Waals surface area contributed by atoms with Crippen molar-refractivity contribution in [3.8, 4) is 0 Å². The zero-order chi connectivity index (χ0) is 31.2. The molecular formula is C20H35NO19S. The number of rotatable bonds is 14. The lowest BCUT2D eigenvalue weighted by Gasteiger charge is -2.47. The quantitative estimate of drug-likeness (QED) is 0.0630. The van der Waals surface area contributed by atoms with Crippen molar-refractivity contribution in [2.45, 2.75) is 92.7 Å². The molecule has 2 saturated heterocycles. The Balaban J connectivity index is 2.37. The van der Waals surface area contributed by atoms with E-state index in [-0.39, 0.29) is 6.29 Å². The molecule has 0 aromatic rings. The van der Waals surface area contributed by atoms with E-state index in [1.54, 1.807) is 0 Å². The van der Waals surface area contributed by atoms with Gasteiger partial charge in [-0.15, -0.1) is 0 Å². The monoisotopic (exact) mass is 625 g/mol. The average molecular weight is 626 g/mol. The van der Waals surface area contributed by atoms with E-state index < -0.39 is 122 Å². The zero-order valence-corrected chi connectivity index (χ0v) is 22.2. The molecule has 20 nitrogen and oxygen atoms in total.